The highest BCUT2D eigenvalue weighted by atomic mass is 35.5. The first-order valence-electron chi connectivity index (χ1n) is 10.6. The van der Waals surface area contributed by atoms with Crippen LogP contribution in [-0.2, 0) is 11.2 Å². The number of halogens is 1. The number of nitrogens with zero attached hydrogens (tertiary/aromatic N) is 3. The summed E-state index contributed by atoms with van der Waals surface area (Å²) in [4.78, 5) is 35.1. The number of ketones is 1. The number of methoxy groups -OCH3 is 1. The van der Waals surface area contributed by atoms with E-state index in [-0.39, 0.29) is 24.5 Å². The van der Waals surface area contributed by atoms with Crippen LogP contribution in [-0.4, -0.2) is 46.8 Å². The molecule has 2 N–H and O–H groups in total. The third kappa shape index (κ3) is 6.17. The van der Waals surface area contributed by atoms with Gasteiger partial charge in [0.1, 0.15) is 22.5 Å². The lowest BCUT2D eigenvalue weighted by atomic mass is 9.90. The first-order chi connectivity index (χ1) is 14.9. The minimum absolute atomic E-state index is 0.0272. The van der Waals surface area contributed by atoms with E-state index in [1.807, 2.05) is 4.90 Å². The summed E-state index contributed by atoms with van der Waals surface area (Å²) in [5.74, 6) is 2.24. The fraction of sp³-hybridized carbons (Fsp3) is 0.478. The second-order valence-corrected chi connectivity index (χ2v) is 8.30. The Balaban J connectivity index is 1.41. The second kappa shape index (κ2) is 10.6. The minimum atomic E-state index is -0.0272. The maximum Gasteiger partial charge on any atom is 0.223 e. The maximum atomic E-state index is 12.5. The Kier molecular flexibility index (Phi) is 7.85. The number of amides is 1. The van der Waals surface area contributed by atoms with Crippen LogP contribution in [0.4, 0.5) is 5.82 Å². The van der Waals surface area contributed by atoms with Crippen LogP contribution in [0.3, 0.4) is 0 Å². The lowest BCUT2D eigenvalue weighted by Crippen LogP contribution is -2.38. The van der Waals surface area contributed by atoms with Crippen LogP contribution >= 0.6 is 11.6 Å². The molecule has 3 rings (SSSR count). The Morgan fingerprint density at radius 2 is 1.84 bits per heavy atom. The van der Waals surface area contributed by atoms with E-state index in [1.165, 1.54) is 0 Å². The van der Waals surface area contributed by atoms with Gasteiger partial charge in [0, 0.05) is 37.1 Å². The Morgan fingerprint density at radius 1 is 1.16 bits per heavy atom. The molecule has 0 aliphatic carbocycles. The van der Waals surface area contributed by atoms with Crippen molar-refractivity contribution in [3.8, 4) is 5.75 Å². The van der Waals surface area contributed by atoms with Crippen molar-refractivity contribution >= 4 is 29.1 Å². The number of aromatic nitrogens is 2. The van der Waals surface area contributed by atoms with Gasteiger partial charge in [0.2, 0.25) is 5.91 Å². The van der Waals surface area contributed by atoms with E-state index in [0.29, 0.717) is 47.1 Å². The molecule has 166 valence electrons. The zero-order chi connectivity index (χ0) is 22.4. The molecule has 0 radical (unpaired) electrons. The highest BCUT2D eigenvalue weighted by Gasteiger charge is 2.24. The van der Waals surface area contributed by atoms with Gasteiger partial charge in [-0.3, -0.25) is 9.59 Å². The summed E-state index contributed by atoms with van der Waals surface area (Å²) in [7, 11) is 1.58. The van der Waals surface area contributed by atoms with Gasteiger partial charge >= 0.3 is 0 Å². The molecule has 31 heavy (non-hydrogen) atoms. The van der Waals surface area contributed by atoms with Gasteiger partial charge in [-0.2, -0.15) is 0 Å². The molecule has 2 aromatic rings. The van der Waals surface area contributed by atoms with Crippen molar-refractivity contribution in [3.05, 3.63) is 46.4 Å². The van der Waals surface area contributed by atoms with E-state index in [9.17, 15) is 9.59 Å². The smallest absolute Gasteiger partial charge is 0.223 e. The van der Waals surface area contributed by atoms with E-state index >= 15 is 0 Å². The predicted molar refractivity (Wildman–Crippen MR) is 120 cm³/mol. The number of ether oxygens (including phenoxy) is 1. The van der Waals surface area contributed by atoms with E-state index in [0.717, 1.165) is 31.2 Å². The summed E-state index contributed by atoms with van der Waals surface area (Å²) >= 11 is 6.22. The second-order valence-electron chi connectivity index (χ2n) is 7.94. The highest BCUT2D eigenvalue weighted by Crippen LogP contribution is 2.27. The molecule has 7 nitrogen and oxygen atoms in total. The molecule has 1 amide bonds. The number of Topliss-reactive ketones (excluding diaryl/α,β-unsaturated/α-hetero) is 1. The summed E-state index contributed by atoms with van der Waals surface area (Å²) in [5.41, 5.74) is 7.40. The molecule has 1 saturated heterocycles. The van der Waals surface area contributed by atoms with Gasteiger partial charge in [-0.05, 0) is 62.8 Å². The van der Waals surface area contributed by atoms with Crippen molar-refractivity contribution in [1.29, 1.82) is 0 Å². The molecule has 1 aliphatic rings. The quantitative estimate of drug-likeness (QED) is 0.490. The average Bonchev–Trinajstić information content (AvgIpc) is 2.77. The maximum absolute atomic E-state index is 12.5. The average molecular weight is 445 g/mol. The van der Waals surface area contributed by atoms with Gasteiger partial charge in [0.15, 0.2) is 5.78 Å². The van der Waals surface area contributed by atoms with Crippen molar-refractivity contribution in [2.75, 3.05) is 25.9 Å². The zero-order valence-corrected chi connectivity index (χ0v) is 18.8. The van der Waals surface area contributed by atoms with Crippen molar-refractivity contribution in [3.63, 3.8) is 0 Å². The fourth-order valence-electron chi connectivity index (χ4n) is 3.93. The first kappa shape index (κ1) is 23.0. The summed E-state index contributed by atoms with van der Waals surface area (Å²) in [6, 6.07) is 6.97. The molecule has 0 saturated carbocycles. The largest absolute Gasteiger partial charge is 0.497 e. The summed E-state index contributed by atoms with van der Waals surface area (Å²) in [6.45, 7) is 3.20. The number of hydrogen-bond donors (Lipinski definition) is 1. The lowest BCUT2D eigenvalue weighted by Gasteiger charge is -2.32. The van der Waals surface area contributed by atoms with Crippen molar-refractivity contribution in [2.45, 2.75) is 45.4 Å². The Labute approximate surface area is 188 Å². The third-order valence-corrected chi connectivity index (χ3v) is 6.16. The number of benzene rings is 1. The molecular weight excluding hydrogens is 416 g/mol. The van der Waals surface area contributed by atoms with Gasteiger partial charge in [-0.15, -0.1) is 0 Å². The molecule has 1 aromatic carbocycles. The van der Waals surface area contributed by atoms with E-state index in [4.69, 9.17) is 22.1 Å². The number of nitrogen functional groups attached to an aromatic ring is 1. The van der Waals surface area contributed by atoms with Crippen LogP contribution < -0.4 is 10.5 Å². The minimum Gasteiger partial charge on any atom is -0.497 e. The van der Waals surface area contributed by atoms with Crippen LogP contribution in [0, 0.1) is 12.8 Å². The van der Waals surface area contributed by atoms with Crippen LogP contribution in [0.5, 0.6) is 5.75 Å². The predicted octanol–water partition coefficient (Wildman–Crippen LogP) is 3.86. The monoisotopic (exact) mass is 444 g/mol. The number of hydrogen-bond acceptors (Lipinski definition) is 6. The number of carbonyl (C=O) groups is 2. The van der Waals surface area contributed by atoms with Gasteiger partial charge in [0.25, 0.3) is 0 Å². The fourth-order valence-corrected chi connectivity index (χ4v) is 4.25. The van der Waals surface area contributed by atoms with E-state index in [1.54, 1.807) is 38.3 Å². The molecule has 2 heterocycles. The molecular formula is C23H29ClN4O3. The van der Waals surface area contributed by atoms with Crippen LogP contribution in [0.2, 0.25) is 5.15 Å². The molecule has 0 atom stereocenters. The molecule has 1 aliphatic heterocycles. The summed E-state index contributed by atoms with van der Waals surface area (Å²) in [5, 5.41) is 0.430. The molecule has 1 aromatic heterocycles. The lowest BCUT2D eigenvalue weighted by molar-refractivity contribution is -0.132. The zero-order valence-electron chi connectivity index (χ0n) is 18.1. The van der Waals surface area contributed by atoms with E-state index < -0.39 is 0 Å². The molecule has 0 spiro atoms. The number of rotatable bonds is 8. The number of carbonyl (C=O) groups excluding carboxylic acids is 2. The summed E-state index contributed by atoms with van der Waals surface area (Å²) < 4.78 is 5.10. The van der Waals surface area contributed by atoms with Crippen molar-refractivity contribution in [2.24, 2.45) is 5.92 Å². The first-order valence-corrected chi connectivity index (χ1v) is 11.0. The number of likely N-dealkylation sites (tertiary alicyclic amines) is 1. The van der Waals surface area contributed by atoms with Gasteiger partial charge in [0.05, 0.1) is 7.11 Å². The highest BCUT2D eigenvalue weighted by molar-refractivity contribution is 6.30. The Morgan fingerprint density at radius 3 is 2.45 bits per heavy atom. The summed E-state index contributed by atoms with van der Waals surface area (Å²) in [6.07, 6.45) is 4.00. The van der Waals surface area contributed by atoms with Gasteiger partial charge in [-0.25, -0.2) is 9.97 Å². The Hall–Kier alpha value is -2.67. The number of aryl methyl sites for hydroxylation is 1. The molecule has 1 fully saturated rings. The molecule has 8 heteroatoms. The SMILES string of the molecule is COc1ccc(C(=O)CCC(=O)N2CCC(CCc3c(N)nc(C)nc3Cl)CC2)cc1. The van der Waals surface area contributed by atoms with Crippen molar-refractivity contribution < 1.29 is 14.3 Å². The topological polar surface area (TPSA) is 98.4 Å². The van der Waals surface area contributed by atoms with Crippen LogP contribution in [0.1, 0.15) is 53.8 Å². The van der Waals surface area contributed by atoms with E-state index in [2.05, 4.69) is 9.97 Å². The third-order valence-electron chi connectivity index (χ3n) is 5.85. The standard InChI is InChI=1S/C23H29ClN4O3/c1-15-26-22(24)19(23(25)27-15)8-3-16-11-13-28(14-12-16)21(30)10-9-20(29)17-4-6-18(31-2)7-5-17/h4-7,16H,3,8-14H2,1-2H3,(H2,25,26,27). The molecule has 0 unspecified atom stereocenters. The van der Waals surface area contributed by atoms with Crippen LogP contribution in [0.25, 0.3) is 0 Å². The Bertz CT molecular complexity index is 902. The van der Waals surface area contributed by atoms with Gasteiger partial charge in [-0.1, -0.05) is 11.6 Å². The molecule has 0 bridgehead atoms. The number of nitrogens with two attached hydrogens (primary N) is 1. The van der Waals surface area contributed by atoms with Crippen LogP contribution in [0.15, 0.2) is 24.3 Å². The van der Waals surface area contributed by atoms with Gasteiger partial charge < -0.3 is 15.4 Å². The number of anilines is 1. The number of piperidine rings is 1. The normalized spacial score (nSPS) is 14.5. The van der Waals surface area contributed by atoms with Crippen molar-refractivity contribution in [1.82, 2.24) is 14.9 Å².